The van der Waals surface area contributed by atoms with Crippen molar-refractivity contribution in [3.63, 3.8) is 0 Å². The van der Waals surface area contributed by atoms with Gasteiger partial charge in [0.2, 0.25) is 10.0 Å². The van der Waals surface area contributed by atoms with Crippen molar-refractivity contribution in [3.05, 3.63) is 76.9 Å². The summed E-state index contributed by atoms with van der Waals surface area (Å²) < 4.78 is 29.5. The summed E-state index contributed by atoms with van der Waals surface area (Å²) in [5.41, 5.74) is 2.92. The topological polar surface area (TPSA) is 54.7 Å². The molecule has 3 aromatic carbocycles. The van der Waals surface area contributed by atoms with Gasteiger partial charge in [-0.05, 0) is 42.0 Å². The molecule has 7 heteroatoms. The standard InChI is InChI=1S/C25H25N3O2S2/c1-27-24(18-31-25(27)26-23-11-7-9-19-8-3-4-10-22(19)23)20-12-14-21(15-13-20)32(29,30)28-16-5-2-6-17-28/h3-4,7-15,18H,2,5-6,16-17H2,1H3. The number of aromatic nitrogens is 1. The first-order valence-corrected chi connectivity index (χ1v) is 13.1. The average molecular weight is 464 g/mol. The van der Waals surface area contributed by atoms with Crippen molar-refractivity contribution in [3.8, 4) is 11.3 Å². The van der Waals surface area contributed by atoms with E-state index in [0.29, 0.717) is 18.0 Å². The molecule has 0 radical (unpaired) electrons. The lowest BCUT2D eigenvalue weighted by Crippen LogP contribution is -2.35. The van der Waals surface area contributed by atoms with Gasteiger partial charge in [0.25, 0.3) is 0 Å². The molecule has 0 atom stereocenters. The zero-order valence-corrected chi connectivity index (χ0v) is 19.6. The fourth-order valence-electron chi connectivity index (χ4n) is 4.19. The van der Waals surface area contributed by atoms with Crippen molar-refractivity contribution >= 4 is 37.8 Å². The van der Waals surface area contributed by atoms with Crippen LogP contribution in [0.2, 0.25) is 0 Å². The summed E-state index contributed by atoms with van der Waals surface area (Å²) in [5.74, 6) is 0. The van der Waals surface area contributed by atoms with Crippen molar-refractivity contribution in [1.82, 2.24) is 8.87 Å². The largest absolute Gasteiger partial charge is 0.320 e. The Morgan fingerprint density at radius 1 is 0.875 bits per heavy atom. The number of fused-ring (bicyclic) bond motifs is 1. The SMILES string of the molecule is Cn1c(-c2ccc(S(=O)(=O)N3CCCCC3)cc2)csc1=Nc1cccc2ccccc12. The highest BCUT2D eigenvalue weighted by Crippen LogP contribution is 2.27. The monoisotopic (exact) mass is 463 g/mol. The first-order valence-electron chi connectivity index (χ1n) is 10.8. The average Bonchev–Trinajstić information content (AvgIpc) is 3.20. The summed E-state index contributed by atoms with van der Waals surface area (Å²) in [7, 11) is -1.42. The van der Waals surface area contributed by atoms with E-state index in [9.17, 15) is 8.42 Å². The van der Waals surface area contributed by atoms with Crippen LogP contribution in [0.5, 0.6) is 0 Å². The highest BCUT2D eigenvalue weighted by molar-refractivity contribution is 7.89. The zero-order chi connectivity index (χ0) is 22.1. The molecular weight excluding hydrogens is 438 g/mol. The van der Waals surface area contributed by atoms with Crippen LogP contribution in [0.25, 0.3) is 22.0 Å². The Morgan fingerprint density at radius 3 is 2.38 bits per heavy atom. The summed E-state index contributed by atoms with van der Waals surface area (Å²) in [6.07, 6.45) is 2.97. The van der Waals surface area contributed by atoms with E-state index in [0.717, 1.165) is 46.4 Å². The first kappa shape index (κ1) is 21.1. The quantitative estimate of drug-likeness (QED) is 0.412. The molecule has 0 bridgehead atoms. The van der Waals surface area contributed by atoms with E-state index in [1.54, 1.807) is 27.8 Å². The third kappa shape index (κ3) is 3.92. The molecule has 0 spiro atoms. The predicted molar refractivity (Wildman–Crippen MR) is 131 cm³/mol. The maximum Gasteiger partial charge on any atom is 0.243 e. The first-order chi connectivity index (χ1) is 15.5. The highest BCUT2D eigenvalue weighted by atomic mass is 32.2. The number of nitrogens with zero attached hydrogens (tertiary/aromatic N) is 3. The van der Waals surface area contributed by atoms with Gasteiger partial charge in [-0.25, -0.2) is 13.4 Å². The van der Waals surface area contributed by atoms with Gasteiger partial charge in [0.1, 0.15) is 0 Å². The van der Waals surface area contributed by atoms with Gasteiger partial charge < -0.3 is 4.57 Å². The van der Waals surface area contributed by atoms with Crippen molar-refractivity contribution < 1.29 is 8.42 Å². The number of hydrogen-bond donors (Lipinski definition) is 0. The summed E-state index contributed by atoms with van der Waals surface area (Å²) in [6.45, 7) is 1.23. The molecule has 1 saturated heterocycles. The van der Waals surface area contributed by atoms with Crippen molar-refractivity contribution in [2.45, 2.75) is 24.2 Å². The fourth-order valence-corrected chi connectivity index (χ4v) is 6.63. The Morgan fingerprint density at radius 2 is 1.59 bits per heavy atom. The third-order valence-electron chi connectivity index (χ3n) is 6.01. The van der Waals surface area contributed by atoms with Crippen LogP contribution in [0.3, 0.4) is 0 Å². The van der Waals surface area contributed by atoms with Crippen LogP contribution in [-0.2, 0) is 17.1 Å². The lowest BCUT2D eigenvalue weighted by Gasteiger charge is -2.25. The maximum absolute atomic E-state index is 12.9. The van der Waals surface area contributed by atoms with Crippen LogP contribution in [0.4, 0.5) is 5.69 Å². The number of piperidine rings is 1. The predicted octanol–water partition coefficient (Wildman–Crippen LogP) is 5.31. The Balaban J connectivity index is 1.47. The summed E-state index contributed by atoms with van der Waals surface area (Å²) in [4.78, 5) is 6.16. The third-order valence-corrected chi connectivity index (χ3v) is 8.84. The minimum absolute atomic E-state index is 0.363. The number of rotatable bonds is 4. The molecule has 164 valence electrons. The van der Waals surface area contributed by atoms with E-state index in [2.05, 4.69) is 28.1 Å². The van der Waals surface area contributed by atoms with Gasteiger partial charge in [0, 0.05) is 30.9 Å². The van der Waals surface area contributed by atoms with Gasteiger partial charge in [-0.2, -0.15) is 4.31 Å². The van der Waals surface area contributed by atoms with Crippen LogP contribution in [0.15, 0.2) is 82.0 Å². The van der Waals surface area contributed by atoms with Crippen molar-refractivity contribution in [2.75, 3.05) is 13.1 Å². The Hall–Kier alpha value is -2.74. The molecule has 4 aromatic rings. The second-order valence-electron chi connectivity index (χ2n) is 8.06. The molecule has 0 unspecified atom stereocenters. The normalized spacial score (nSPS) is 16.0. The molecule has 1 fully saturated rings. The van der Waals surface area contributed by atoms with Crippen LogP contribution in [0.1, 0.15) is 19.3 Å². The van der Waals surface area contributed by atoms with E-state index < -0.39 is 10.0 Å². The second-order valence-corrected chi connectivity index (χ2v) is 10.8. The minimum atomic E-state index is -3.42. The zero-order valence-electron chi connectivity index (χ0n) is 17.9. The molecule has 1 aliphatic heterocycles. The van der Waals surface area contributed by atoms with Crippen LogP contribution in [-0.4, -0.2) is 30.4 Å². The maximum atomic E-state index is 12.9. The fraction of sp³-hybridized carbons (Fsp3) is 0.240. The molecule has 5 rings (SSSR count). The molecule has 1 aromatic heterocycles. The number of hydrogen-bond acceptors (Lipinski definition) is 4. The molecule has 0 saturated carbocycles. The highest BCUT2D eigenvalue weighted by Gasteiger charge is 2.25. The van der Waals surface area contributed by atoms with Gasteiger partial charge in [-0.1, -0.05) is 55.0 Å². The van der Waals surface area contributed by atoms with E-state index in [-0.39, 0.29) is 0 Å². The molecule has 2 heterocycles. The second kappa shape index (κ2) is 8.65. The van der Waals surface area contributed by atoms with Crippen LogP contribution >= 0.6 is 11.3 Å². The molecule has 5 nitrogen and oxygen atoms in total. The summed E-state index contributed by atoms with van der Waals surface area (Å²) in [5, 5.41) is 4.36. The lowest BCUT2D eigenvalue weighted by molar-refractivity contribution is 0.346. The number of sulfonamides is 1. The van der Waals surface area contributed by atoms with Gasteiger partial charge >= 0.3 is 0 Å². The van der Waals surface area contributed by atoms with Gasteiger partial charge in [-0.15, -0.1) is 11.3 Å². The summed E-state index contributed by atoms with van der Waals surface area (Å²) in [6, 6.07) is 21.6. The number of thiazole rings is 1. The minimum Gasteiger partial charge on any atom is -0.320 e. The smallest absolute Gasteiger partial charge is 0.243 e. The molecule has 1 aliphatic rings. The number of benzene rings is 3. The molecule has 32 heavy (non-hydrogen) atoms. The van der Waals surface area contributed by atoms with Gasteiger partial charge in [0.15, 0.2) is 4.80 Å². The van der Waals surface area contributed by atoms with E-state index >= 15 is 0 Å². The summed E-state index contributed by atoms with van der Waals surface area (Å²) >= 11 is 1.58. The molecule has 0 aliphatic carbocycles. The van der Waals surface area contributed by atoms with Gasteiger partial charge in [0.05, 0.1) is 16.3 Å². The molecule has 0 amide bonds. The Kier molecular flexibility index (Phi) is 5.71. The van der Waals surface area contributed by atoms with Gasteiger partial charge in [-0.3, -0.25) is 0 Å². The van der Waals surface area contributed by atoms with E-state index in [1.807, 2.05) is 43.4 Å². The van der Waals surface area contributed by atoms with E-state index in [1.165, 1.54) is 5.39 Å². The van der Waals surface area contributed by atoms with Crippen molar-refractivity contribution in [1.29, 1.82) is 0 Å². The Labute approximate surface area is 192 Å². The lowest BCUT2D eigenvalue weighted by atomic mass is 10.1. The Bertz CT molecular complexity index is 1420. The van der Waals surface area contributed by atoms with E-state index in [4.69, 9.17) is 4.99 Å². The van der Waals surface area contributed by atoms with Crippen molar-refractivity contribution in [2.24, 2.45) is 12.0 Å². The van der Waals surface area contributed by atoms with Crippen LogP contribution in [0, 0.1) is 0 Å². The van der Waals surface area contributed by atoms with Crippen LogP contribution < -0.4 is 4.80 Å². The molecular formula is C25H25N3O2S2. The molecule has 0 N–H and O–H groups in total.